The number of nitrogens with one attached hydrogen (secondary N) is 1. The lowest BCUT2D eigenvalue weighted by atomic mass is 10.1. The molecule has 7 heteroatoms. The Bertz CT molecular complexity index is 827. The summed E-state index contributed by atoms with van der Waals surface area (Å²) in [6.07, 6.45) is 6.52. The molecule has 0 aliphatic carbocycles. The van der Waals surface area contributed by atoms with E-state index in [1.54, 1.807) is 12.4 Å². The van der Waals surface area contributed by atoms with Crippen LogP contribution in [0.25, 0.3) is 0 Å². The van der Waals surface area contributed by atoms with Crippen molar-refractivity contribution < 1.29 is 0 Å². The Morgan fingerprint density at radius 1 is 1.19 bits per heavy atom. The van der Waals surface area contributed by atoms with Crippen molar-refractivity contribution in [2.75, 3.05) is 18.4 Å². The highest BCUT2D eigenvalue weighted by molar-refractivity contribution is 7.10. The van der Waals surface area contributed by atoms with E-state index in [-0.39, 0.29) is 0 Å². The SMILES string of the molecule is Cc1ccsc1CN1Cc2ccnn2CC(CCNc2ncccn2)C1. The smallest absolute Gasteiger partial charge is 0.222 e. The predicted octanol–water partition coefficient (Wildman–Crippen LogP) is 3.18. The fourth-order valence-electron chi connectivity index (χ4n) is 3.47. The molecule has 0 fully saturated rings. The van der Waals surface area contributed by atoms with Crippen LogP contribution in [0.5, 0.6) is 0 Å². The Labute approximate surface area is 157 Å². The van der Waals surface area contributed by atoms with Crippen LogP contribution in [0.1, 0.15) is 22.6 Å². The lowest BCUT2D eigenvalue weighted by Gasteiger charge is -2.23. The van der Waals surface area contributed by atoms with Crippen molar-refractivity contribution in [3.05, 3.63) is 58.3 Å². The Morgan fingerprint density at radius 2 is 2.08 bits per heavy atom. The van der Waals surface area contributed by atoms with Crippen molar-refractivity contribution in [2.24, 2.45) is 5.92 Å². The quantitative estimate of drug-likeness (QED) is 0.724. The average molecular weight is 369 g/mol. The molecule has 1 atom stereocenters. The summed E-state index contributed by atoms with van der Waals surface area (Å²) in [5.74, 6) is 1.25. The van der Waals surface area contributed by atoms with Crippen LogP contribution in [-0.2, 0) is 19.6 Å². The van der Waals surface area contributed by atoms with Gasteiger partial charge in [0.25, 0.3) is 0 Å². The van der Waals surface area contributed by atoms with E-state index in [4.69, 9.17) is 0 Å². The van der Waals surface area contributed by atoms with Crippen LogP contribution in [0.3, 0.4) is 0 Å². The van der Waals surface area contributed by atoms with E-state index < -0.39 is 0 Å². The van der Waals surface area contributed by atoms with Gasteiger partial charge in [-0.15, -0.1) is 11.3 Å². The van der Waals surface area contributed by atoms with E-state index in [2.05, 4.69) is 54.4 Å². The van der Waals surface area contributed by atoms with Crippen LogP contribution in [0.4, 0.5) is 5.95 Å². The average Bonchev–Trinajstić information content (AvgIpc) is 3.21. The van der Waals surface area contributed by atoms with Gasteiger partial charge in [0.15, 0.2) is 0 Å². The first kappa shape index (κ1) is 17.2. The van der Waals surface area contributed by atoms with Crippen LogP contribution in [-0.4, -0.2) is 37.7 Å². The highest BCUT2D eigenvalue weighted by Crippen LogP contribution is 2.23. The zero-order chi connectivity index (χ0) is 17.8. The number of rotatable bonds is 6. The molecular formula is C19H24N6S. The molecule has 0 spiro atoms. The summed E-state index contributed by atoms with van der Waals surface area (Å²) in [7, 11) is 0. The van der Waals surface area contributed by atoms with Crippen molar-refractivity contribution in [1.29, 1.82) is 0 Å². The minimum absolute atomic E-state index is 0.549. The van der Waals surface area contributed by atoms with E-state index in [1.807, 2.05) is 23.6 Å². The molecule has 1 N–H and O–H groups in total. The Balaban J connectivity index is 1.41. The van der Waals surface area contributed by atoms with Gasteiger partial charge in [-0.3, -0.25) is 9.58 Å². The standard InChI is InChI=1S/C19H24N6S/c1-15-5-10-26-18(15)14-24-11-16(12-25-17(13-24)4-9-23-25)3-8-22-19-20-6-2-7-21-19/h2,4-7,9-10,16H,3,8,11-14H2,1H3,(H,20,21,22). The van der Waals surface area contributed by atoms with Crippen molar-refractivity contribution in [3.8, 4) is 0 Å². The second-order valence-electron chi connectivity index (χ2n) is 6.85. The van der Waals surface area contributed by atoms with Gasteiger partial charge in [-0.25, -0.2) is 9.97 Å². The summed E-state index contributed by atoms with van der Waals surface area (Å²) in [6.45, 7) is 7.10. The van der Waals surface area contributed by atoms with Gasteiger partial charge in [0.1, 0.15) is 0 Å². The van der Waals surface area contributed by atoms with E-state index in [1.165, 1.54) is 16.1 Å². The molecule has 0 aromatic carbocycles. The maximum atomic E-state index is 4.53. The van der Waals surface area contributed by atoms with Crippen molar-refractivity contribution in [1.82, 2.24) is 24.6 Å². The van der Waals surface area contributed by atoms with Crippen LogP contribution in [0.15, 0.2) is 42.2 Å². The van der Waals surface area contributed by atoms with Gasteiger partial charge < -0.3 is 5.32 Å². The number of hydrogen-bond acceptors (Lipinski definition) is 6. The Kier molecular flexibility index (Phi) is 5.26. The van der Waals surface area contributed by atoms with E-state index in [9.17, 15) is 0 Å². The zero-order valence-corrected chi connectivity index (χ0v) is 15.8. The first-order valence-electron chi connectivity index (χ1n) is 9.05. The van der Waals surface area contributed by atoms with Crippen LogP contribution in [0.2, 0.25) is 0 Å². The number of hydrogen-bond donors (Lipinski definition) is 1. The van der Waals surface area contributed by atoms with E-state index >= 15 is 0 Å². The molecule has 3 aromatic heterocycles. The molecule has 0 amide bonds. The predicted molar refractivity (Wildman–Crippen MR) is 104 cm³/mol. The maximum Gasteiger partial charge on any atom is 0.222 e. The zero-order valence-electron chi connectivity index (χ0n) is 15.0. The third-order valence-corrected chi connectivity index (χ3v) is 5.88. The molecule has 3 aromatic rings. The molecule has 0 bridgehead atoms. The number of anilines is 1. The number of nitrogens with zero attached hydrogens (tertiary/aromatic N) is 5. The molecular weight excluding hydrogens is 344 g/mol. The fourth-order valence-corrected chi connectivity index (χ4v) is 4.42. The normalized spacial score (nSPS) is 17.7. The molecule has 26 heavy (non-hydrogen) atoms. The number of aromatic nitrogens is 4. The van der Waals surface area contributed by atoms with E-state index in [0.717, 1.165) is 39.1 Å². The largest absolute Gasteiger partial charge is 0.354 e. The summed E-state index contributed by atoms with van der Waals surface area (Å²) < 4.78 is 2.17. The molecule has 0 saturated heterocycles. The molecule has 4 heterocycles. The Morgan fingerprint density at radius 3 is 2.88 bits per heavy atom. The molecule has 1 aliphatic rings. The lowest BCUT2D eigenvalue weighted by Crippen LogP contribution is -2.28. The van der Waals surface area contributed by atoms with Crippen molar-refractivity contribution >= 4 is 17.3 Å². The summed E-state index contributed by atoms with van der Waals surface area (Å²) in [4.78, 5) is 12.5. The summed E-state index contributed by atoms with van der Waals surface area (Å²) in [6, 6.07) is 6.19. The number of aryl methyl sites for hydroxylation is 1. The van der Waals surface area contributed by atoms with Crippen LogP contribution < -0.4 is 5.32 Å². The number of fused-ring (bicyclic) bond motifs is 1. The summed E-state index contributed by atoms with van der Waals surface area (Å²) in [5, 5.41) is 10.0. The molecule has 136 valence electrons. The molecule has 6 nitrogen and oxygen atoms in total. The van der Waals surface area contributed by atoms with Gasteiger partial charge in [-0.05, 0) is 48.4 Å². The third-order valence-electron chi connectivity index (χ3n) is 4.87. The van der Waals surface area contributed by atoms with E-state index in [0.29, 0.717) is 11.9 Å². The van der Waals surface area contributed by atoms with Gasteiger partial charge in [0.05, 0.1) is 5.69 Å². The van der Waals surface area contributed by atoms with Crippen molar-refractivity contribution in [3.63, 3.8) is 0 Å². The molecule has 4 rings (SSSR count). The summed E-state index contributed by atoms with van der Waals surface area (Å²) in [5.41, 5.74) is 2.70. The molecule has 1 unspecified atom stereocenters. The fraction of sp³-hybridized carbons (Fsp3) is 0.421. The lowest BCUT2D eigenvalue weighted by molar-refractivity contribution is 0.218. The minimum atomic E-state index is 0.549. The first-order valence-corrected chi connectivity index (χ1v) is 9.93. The molecule has 1 aliphatic heterocycles. The van der Waals surface area contributed by atoms with Crippen LogP contribution in [0, 0.1) is 12.8 Å². The second-order valence-corrected chi connectivity index (χ2v) is 7.86. The van der Waals surface area contributed by atoms with Gasteiger partial charge in [0.2, 0.25) is 5.95 Å². The van der Waals surface area contributed by atoms with Gasteiger partial charge >= 0.3 is 0 Å². The highest BCUT2D eigenvalue weighted by Gasteiger charge is 2.22. The highest BCUT2D eigenvalue weighted by atomic mass is 32.1. The van der Waals surface area contributed by atoms with Crippen molar-refractivity contribution in [2.45, 2.75) is 33.0 Å². The molecule has 0 saturated carbocycles. The Hall–Kier alpha value is -2.25. The topological polar surface area (TPSA) is 58.9 Å². The van der Waals surface area contributed by atoms with Crippen LogP contribution >= 0.6 is 11.3 Å². The number of thiophene rings is 1. The van der Waals surface area contributed by atoms with Gasteiger partial charge in [0, 0.05) is 56.2 Å². The third kappa shape index (κ3) is 4.11. The van der Waals surface area contributed by atoms with Gasteiger partial charge in [-0.2, -0.15) is 5.10 Å². The molecule has 0 radical (unpaired) electrons. The monoisotopic (exact) mass is 368 g/mol. The summed E-state index contributed by atoms with van der Waals surface area (Å²) >= 11 is 1.86. The maximum absolute atomic E-state index is 4.53. The second kappa shape index (κ2) is 7.97. The minimum Gasteiger partial charge on any atom is -0.354 e. The van der Waals surface area contributed by atoms with Gasteiger partial charge in [-0.1, -0.05) is 0 Å². The first-order chi connectivity index (χ1) is 12.8.